The van der Waals surface area contributed by atoms with Gasteiger partial charge < -0.3 is 15.5 Å². The molecule has 2 aromatic heterocycles. The fourth-order valence-electron chi connectivity index (χ4n) is 4.69. The molecule has 2 amide bonds. The number of hydrogen-bond donors (Lipinski definition) is 2. The maximum atomic E-state index is 13.0. The number of aromatic nitrogens is 2. The van der Waals surface area contributed by atoms with Crippen LogP contribution in [0.4, 0.5) is 11.5 Å². The van der Waals surface area contributed by atoms with Gasteiger partial charge in [0.15, 0.2) is 15.7 Å². The molecule has 0 spiro atoms. The van der Waals surface area contributed by atoms with Gasteiger partial charge in [0.05, 0.1) is 16.6 Å². The number of nitrogens with zero attached hydrogens (tertiary/aromatic N) is 3. The molecule has 3 aromatic rings. The predicted octanol–water partition coefficient (Wildman–Crippen LogP) is 5.42. The normalized spacial score (nSPS) is 14.9. The van der Waals surface area contributed by atoms with Crippen LogP contribution in [0, 0.1) is 5.92 Å². The molecule has 1 aromatic carbocycles. The summed E-state index contributed by atoms with van der Waals surface area (Å²) in [5, 5.41) is 6.36. The van der Waals surface area contributed by atoms with Crippen molar-refractivity contribution in [3.05, 3.63) is 75.6 Å². The highest BCUT2D eigenvalue weighted by Gasteiger charge is 2.26. The Balaban J connectivity index is 1.42. The van der Waals surface area contributed by atoms with E-state index in [1.165, 1.54) is 18.3 Å². The molecule has 1 aliphatic heterocycles. The van der Waals surface area contributed by atoms with Crippen molar-refractivity contribution in [2.45, 2.75) is 43.5 Å². The van der Waals surface area contributed by atoms with Crippen LogP contribution in [-0.2, 0) is 14.6 Å². The first-order chi connectivity index (χ1) is 19.0. The predicted molar refractivity (Wildman–Crippen MR) is 159 cm³/mol. The van der Waals surface area contributed by atoms with Gasteiger partial charge in [0, 0.05) is 48.7 Å². The van der Waals surface area contributed by atoms with Crippen molar-refractivity contribution < 1.29 is 18.0 Å². The van der Waals surface area contributed by atoms with Gasteiger partial charge in [-0.3, -0.25) is 9.59 Å². The molecule has 40 heavy (non-hydrogen) atoms. The first-order valence-electron chi connectivity index (χ1n) is 13.0. The first-order valence-corrected chi connectivity index (χ1v) is 16.0. The molecule has 4 rings (SSSR count). The third kappa shape index (κ3) is 7.80. The monoisotopic (exact) mass is 647 g/mol. The van der Waals surface area contributed by atoms with E-state index in [-0.39, 0.29) is 22.8 Å². The van der Waals surface area contributed by atoms with E-state index in [4.69, 9.17) is 11.6 Å². The molecule has 1 saturated heterocycles. The van der Waals surface area contributed by atoms with Gasteiger partial charge in [0.1, 0.15) is 4.60 Å². The molecule has 0 aliphatic carbocycles. The van der Waals surface area contributed by atoms with Gasteiger partial charge in [-0.15, -0.1) is 0 Å². The number of piperidine rings is 1. The standard InChI is InChI=1S/C28H31BrClN5O4S/c1-3-23(20-7-8-25(29)31-16-20)33-26(36)13-18-9-11-35(12-10-18)27-24(15-22(17-32-27)40(2,38)39)34-28(37)19-5-4-6-21(30)14-19/h4-8,14-18,23H,3,9-13H2,1-2H3,(H,33,36)(H,34,37). The zero-order valence-corrected chi connectivity index (χ0v) is 25.4. The summed E-state index contributed by atoms with van der Waals surface area (Å²) < 4.78 is 25.1. The lowest BCUT2D eigenvalue weighted by molar-refractivity contribution is -0.123. The van der Waals surface area contributed by atoms with E-state index >= 15 is 0 Å². The minimum absolute atomic E-state index is 0.00155. The van der Waals surface area contributed by atoms with Gasteiger partial charge >= 0.3 is 0 Å². The second-order valence-electron chi connectivity index (χ2n) is 9.86. The smallest absolute Gasteiger partial charge is 0.255 e. The lowest BCUT2D eigenvalue weighted by atomic mass is 9.92. The maximum Gasteiger partial charge on any atom is 0.255 e. The maximum absolute atomic E-state index is 13.0. The van der Waals surface area contributed by atoms with Crippen molar-refractivity contribution in [1.29, 1.82) is 0 Å². The largest absolute Gasteiger partial charge is 0.355 e. The van der Waals surface area contributed by atoms with Gasteiger partial charge in [-0.1, -0.05) is 30.7 Å². The number of hydrogen-bond acceptors (Lipinski definition) is 7. The zero-order chi connectivity index (χ0) is 28.9. The average molecular weight is 649 g/mol. The summed E-state index contributed by atoms with van der Waals surface area (Å²) in [7, 11) is -3.54. The molecule has 0 saturated carbocycles. The summed E-state index contributed by atoms with van der Waals surface area (Å²) in [5.41, 5.74) is 1.61. The molecule has 212 valence electrons. The van der Waals surface area contributed by atoms with Crippen LogP contribution < -0.4 is 15.5 Å². The SMILES string of the molecule is CCC(NC(=O)CC1CCN(c2ncc(S(C)(=O)=O)cc2NC(=O)c2cccc(Cl)c2)CC1)c1ccc(Br)nc1. The summed E-state index contributed by atoms with van der Waals surface area (Å²) in [6, 6.07) is 11.6. The van der Waals surface area contributed by atoms with Crippen LogP contribution in [0.25, 0.3) is 0 Å². The number of rotatable bonds is 9. The number of halogens is 2. The number of amides is 2. The highest BCUT2D eigenvalue weighted by molar-refractivity contribution is 9.10. The topological polar surface area (TPSA) is 121 Å². The number of benzene rings is 1. The zero-order valence-electron chi connectivity index (χ0n) is 22.2. The Labute approximate surface area is 247 Å². The van der Waals surface area contributed by atoms with Crippen LogP contribution in [0.15, 0.2) is 64.4 Å². The molecule has 1 atom stereocenters. The van der Waals surface area contributed by atoms with Crippen molar-refractivity contribution in [2.75, 3.05) is 29.6 Å². The fraction of sp³-hybridized carbons (Fsp3) is 0.357. The van der Waals surface area contributed by atoms with Crippen molar-refractivity contribution in [3.63, 3.8) is 0 Å². The molecular weight excluding hydrogens is 618 g/mol. The summed E-state index contributed by atoms with van der Waals surface area (Å²) in [6.07, 6.45) is 6.84. The highest BCUT2D eigenvalue weighted by atomic mass is 79.9. The second kappa shape index (κ2) is 13.1. The molecule has 1 fully saturated rings. The van der Waals surface area contributed by atoms with Crippen LogP contribution in [0.1, 0.15) is 54.6 Å². The average Bonchev–Trinajstić information content (AvgIpc) is 2.92. The Bertz CT molecular complexity index is 1480. The summed E-state index contributed by atoms with van der Waals surface area (Å²) in [6.45, 7) is 3.24. The van der Waals surface area contributed by atoms with E-state index in [0.717, 1.165) is 35.7 Å². The molecule has 9 nitrogen and oxygen atoms in total. The van der Waals surface area contributed by atoms with Crippen LogP contribution >= 0.6 is 27.5 Å². The summed E-state index contributed by atoms with van der Waals surface area (Å²) >= 11 is 9.38. The lowest BCUT2D eigenvalue weighted by Crippen LogP contribution is -2.37. The van der Waals surface area contributed by atoms with Gasteiger partial charge in [-0.05, 0) is 77.0 Å². The Kier molecular flexibility index (Phi) is 9.81. The number of carbonyl (C=O) groups is 2. The Hall–Kier alpha value is -3.02. The molecule has 2 N–H and O–H groups in total. The van der Waals surface area contributed by atoms with Gasteiger partial charge in [-0.2, -0.15) is 0 Å². The van der Waals surface area contributed by atoms with Crippen LogP contribution in [-0.4, -0.2) is 49.5 Å². The molecule has 1 unspecified atom stereocenters. The number of sulfone groups is 1. The van der Waals surface area contributed by atoms with Crippen molar-refractivity contribution in [1.82, 2.24) is 15.3 Å². The third-order valence-electron chi connectivity index (χ3n) is 6.89. The van der Waals surface area contributed by atoms with Crippen molar-refractivity contribution >= 4 is 60.7 Å². The highest BCUT2D eigenvalue weighted by Crippen LogP contribution is 2.31. The number of anilines is 2. The lowest BCUT2D eigenvalue weighted by Gasteiger charge is -2.34. The van der Waals surface area contributed by atoms with Crippen LogP contribution in [0.5, 0.6) is 0 Å². The van der Waals surface area contributed by atoms with Gasteiger partial charge in [0.25, 0.3) is 5.91 Å². The Morgan fingerprint density at radius 3 is 2.50 bits per heavy atom. The van der Waals surface area contributed by atoms with E-state index in [9.17, 15) is 18.0 Å². The number of carbonyl (C=O) groups excluding carboxylic acids is 2. The minimum atomic E-state index is -3.54. The van der Waals surface area contributed by atoms with Crippen molar-refractivity contribution in [3.8, 4) is 0 Å². The summed E-state index contributed by atoms with van der Waals surface area (Å²) in [5.74, 6) is 0.253. The quantitative estimate of drug-likeness (QED) is 0.297. The number of pyridine rings is 2. The molecule has 3 heterocycles. The fourth-order valence-corrected chi connectivity index (χ4v) is 5.69. The molecule has 1 aliphatic rings. The first kappa shape index (κ1) is 30.0. The molecular formula is C28H31BrClN5O4S. The van der Waals surface area contributed by atoms with Gasteiger partial charge in [-0.25, -0.2) is 18.4 Å². The molecule has 0 radical (unpaired) electrons. The minimum Gasteiger partial charge on any atom is -0.355 e. The van der Waals surface area contributed by atoms with E-state index in [0.29, 0.717) is 41.6 Å². The molecule has 0 bridgehead atoms. The van der Waals surface area contributed by atoms with Gasteiger partial charge in [0.2, 0.25) is 5.91 Å². The Morgan fingerprint density at radius 1 is 1.12 bits per heavy atom. The number of nitrogens with one attached hydrogen (secondary N) is 2. The van der Waals surface area contributed by atoms with E-state index in [1.54, 1.807) is 24.4 Å². The molecule has 12 heteroatoms. The van der Waals surface area contributed by atoms with Crippen LogP contribution in [0.3, 0.4) is 0 Å². The Morgan fingerprint density at radius 2 is 1.88 bits per heavy atom. The van der Waals surface area contributed by atoms with E-state index in [2.05, 4.69) is 36.5 Å². The van der Waals surface area contributed by atoms with E-state index in [1.807, 2.05) is 24.0 Å². The van der Waals surface area contributed by atoms with Crippen LogP contribution in [0.2, 0.25) is 5.02 Å². The van der Waals surface area contributed by atoms with E-state index < -0.39 is 15.7 Å². The second-order valence-corrected chi connectivity index (χ2v) is 13.1. The third-order valence-corrected chi connectivity index (χ3v) is 8.67. The van der Waals surface area contributed by atoms with Crippen molar-refractivity contribution in [2.24, 2.45) is 5.92 Å². The summed E-state index contributed by atoms with van der Waals surface area (Å²) in [4.78, 5) is 36.5.